The minimum Gasteiger partial charge on any atom is -0.301 e. The molecule has 1 unspecified atom stereocenters. The summed E-state index contributed by atoms with van der Waals surface area (Å²) in [6.07, 6.45) is 3.60. The van der Waals surface area contributed by atoms with Crippen LogP contribution in [0.25, 0.3) is 0 Å². The van der Waals surface area contributed by atoms with Crippen molar-refractivity contribution in [2.24, 2.45) is 5.92 Å². The lowest BCUT2D eigenvalue weighted by atomic mass is 10.1. The summed E-state index contributed by atoms with van der Waals surface area (Å²) < 4.78 is 0. The van der Waals surface area contributed by atoms with Crippen molar-refractivity contribution in [3.8, 4) is 0 Å². The highest BCUT2D eigenvalue weighted by Gasteiger charge is 2.27. The Morgan fingerprint density at radius 2 is 1.88 bits per heavy atom. The second-order valence-corrected chi connectivity index (χ2v) is 5.54. The molecule has 2 aliphatic rings. The second kappa shape index (κ2) is 5.28. The van der Waals surface area contributed by atoms with Crippen LogP contribution in [-0.4, -0.2) is 54.3 Å². The fourth-order valence-electron chi connectivity index (χ4n) is 2.60. The zero-order valence-corrected chi connectivity index (χ0v) is 10.6. The molecule has 3 nitrogen and oxygen atoms in total. The molecule has 0 aromatic carbocycles. The lowest BCUT2D eigenvalue weighted by molar-refractivity contribution is -0.118. The van der Waals surface area contributed by atoms with Crippen molar-refractivity contribution >= 4 is 5.78 Å². The van der Waals surface area contributed by atoms with E-state index in [1.165, 1.54) is 32.5 Å². The molecule has 16 heavy (non-hydrogen) atoms. The smallest absolute Gasteiger partial charge is 0.131 e. The van der Waals surface area contributed by atoms with Crippen molar-refractivity contribution in [1.29, 1.82) is 0 Å². The molecule has 1 atom stereocenters. The van der Waals surface area contributed by atoms with Crippen molar-refractivity contribution in [3.05, 3.63) is 0 Å². The molecule has 0 bridgehead atoms. The van der Waals surface area contributed by atoms with E-state index >= 15 is 0 Å². The Kier molecular flexibility index (Phi) is 3.98. The zero-order chi connectivity index (χ0) is 11.5. The summed E-state index contributed by atoms with van der Waals surface area (Å²) >= 11 is 0. The summed E-state index contributed by atoms with van der Waals surface area (Å²) in [6, 6.07) is 0.431. The summed E-state index contributed by atoms with van der Waals surface area (Å²) in [5.41, 5.74) is 0. The van der Waals surface area contributed by atoms with Gasteiger partial charge in [0.1, 0.15) is 5.78 Å². The quantitative estimate of drug-likeness (QED) is 0.705. The number of carbonyl (C=O) groups excluding carboxylic acids is 1. The van der Waals surface area contributed by atoms with Crippen molar-refractivity contribution in [2.75, 3.05) is 32.7 Å². The fourth-order valence-corrected chi connectivity index (χ4v) is 2.60. The first kappa shape index (κ1) is 12.1. The topological polar surface area (TPSA) is 23.6 Å². The van der Waals surface area contributed by atoms with Crippen molar-refractivity contribution in [1.82, 2.24) is 9.80 Å². The van der Waals surface area contributed by atoms with Gasteiger partial charge in [-0.3, -0.25) is 9.69 Å². The molecule has 1 saturated carbocycles. The van der Waals surface area contributed by atoms with E-state index < -0.39 is 0 Å². The van der Waals surface area contributed by atoms with Crippen LogP contribution in [-0.2, 0) is 4.79 Å². The maximum absolute atomic E-state index is 11.1. The molecule has 1 saturated heterocycles. The van der Waals surface area contributed by atoms with Gasteiger partial charge in [0.15, 0.2) is 0 Å². The Morgan fingerprint density at radius 1 is 1.25 bits per heavy atom. The standard InChI is InChI=1S/C13H24N2O/c1-11(9-12(2)16)15-7-5-14(6-8-15)10-13-3-4-13/h11,13H,3-10H2,1-2H3. The first-order chi connectivity index (χ1) is 7.65. The summed E-state index contributed by atoms with van der Waals surface area (Å²) in [6.45, 7) is 9.85. The first-order valence-electron chi connectivity index (χ1n) is 6.61. The van der Waals surface area contributed by atoms with Crippen LogP contribution in [0.1, 0.15) is 33.1 Å². The number of carbonyl (C=O) groups is 1. The van der Waals surface area contributed by atoms with E-state index in [0.717, 1.165) is 19.0 Å². The third-order valence-corrected chi connectivity index (χ3v) is 3.83. The van der Waals surface area contributed by atoms with E-state index in [-0.39, 0.29) is 0 Å². The van der Waals surface area contributed by atoms with E-state index in [4.69, 9.17) is 0 Å². The van der Waals surface area contributed by atoms with Gasteiger partial charge in [-0.25, -0.2) is 0 Å². The number of piperazine rings is 1. The Balaban J connectivity index is 1.68. The molecule has 0 radical (unpaired) electrons. The average Bonchev–Trinajstić information content (AvgIpc) is 3.01. The maximum Gasteiger partial charge on any atom is 0.131 e. The van der Waals surface area contributed by atoms with Gasteiger partial charge in [0.2, 0.25) is 0 Å². The van der Waals surface area contributed by atoms with Gasteiger partial charge in [-0.1, -0.05) is 0 Å². The molecule has 1 aliphatic carbocycles. The largest absolute Gasteiger partial charge is 0.301 e. The van der Waals surface area contributed by atoms with Gasteiger partial charge in [-0.15, -0.1) is 0 Å². The van der Waals surface area contributed by atoms with Gasteiger partial charge in [-0.05, 0) is 32.6 Å². The van der Waals surface area contributed by atoms with Crippen LogP contribution >= 0.6 is 0 Å². The monoisotopic (exact) mass is 224 g/mol. The molecule has 2 fully saturated rings. The van der Waals surface area contributed by atoms with Gasteiger partial charge in [0.25, 0.3) is 0 Å². The summed E-state index contributed by atoms with van der Waals surface area (Å²) in [5, 5.41) is 0. The normalized spacial score (nSPS) is 25.6. The van der Waals surface area contributed by atoms with Crippen LogP contribution < -0.4 is 0 Å². The van der Waals surface area contributed by atoms with Crippen LogP contribution in [0.2, 0.25) is 0 Å². The highest BCUT2D eigenvalue weighted by atomic mass is 16.1. The SMILES string of the molecule is CC(=O)CC(C)N1CCN(CC2CC2)CC1. The predicted octanol–water partition coefficient (Wildman–Crippen LogP) is 1.38. The summed E-state index contributed by atoms with van der Waals surface area (Å²) in [7, 11) is 0. The predicted molar refractivity (Wildman–Crippen MR) is 65.5 cm³/mol. The first-order valence-corrected chi connectivity index (χ1v) is 6.61. The minimum absolute atomic E-state index is 0.313. The molecule has 1 aliphatic heterocycles. The number of hydrogen-bond acceptors (Lipinski definition) is 3. The number of ketones is 1. The van der Waals surface area contributed by atoms with Crippen molar-refractivity contribution in [3.63, 3.8) is 0 Å². The molecule has 0 aromatic rings. The second-order valence-electron chi connectivity index (χ2n) is 5.54. The van der Waals surface area contributed by atoms with Crippen LogP contribution in [0, 0.1) is 5.92 Å². The molecular weight excluding hydrogens is 200 g/mol. The molecule has 0 amide bonds. The highest BCUT2D eigenvalue weighted by molar-refractivity contribution is 5.76. The Morgan fingerprint density at radius 3 is 2.38 bits per heavy atom. The maximum atomic E-state index is 11.1. The van der Waals surface area contributed by atoms with Crippen LogP contribution in [0.3, 0.4) is 0 Å². The van der Waals surface area contributed by atoms with Gasteiger partial charge < -0.3 is 4.90 Å². The van der Waals surface area contributed by atoms with Gasteiger partial charge in [-0.2, -0.15) is 0 Å². The van der Waals surface area contributed by atoms with Crippen LogP contribution in [0.4, 0.5) is 0 Å². The Labute approximate surface area is 98.8 Å². The number of nitrogens with zero attached hydrogens (tertiary/aromatic N) is 2. The Bertz CT molecular complexity index is 242. The summed E-state index contributed by atoms with van der Waals surface area (Å²) in [4.78, 5) is 16.1. The average molecular weight is 224 g/mol. The van der Waals surface area contributed by atoms with Gasteiger partial charge in [0.05, 0.1) is 0 Å². The molecule has 0 N–H and O–H groups in total. The van der Waals surface area contributed by atoms with Crippen molar-refractivity contribution in [2.45, 2.75) is 39.2 Å². The van der Waals surface area contributed by atoms with Gasteiger partial charge >= 0.3 is 0 Å². The highest BCUT2D eigenvalue weighted by Crippen LogP contribution is 2.30. The van der Waals surface area contributed by atoms with Gasteiger partial charge in [0, 0.05) is 45.2 Å². The number of hydrogen-bond donors (Lipinski definition) is 0. The molecule has 0 spiro atoms. The zero-order valence-electron chi connectivity index (χ0n) is 10.6. The molecule has 1 heterocycles. The van der Waals surface area contributed by atoms with Crippen LogP contribution in [0.15, 0.2) is 0 Å². The van der Waals surface area contributed by atoms with Crippen molar-refractivity contribution < 1.29 is 4.79 Å². The van der Waals surface area contributed by atoms with E-state index in [1.807, 2.05) is 0 Å². The van der Waals surface area contributed by atoms with E-state index in [9.17, 15) is 4.79 Å². The lowest BCUT2D eigenvalue weighted by Gasteiger charge is -2.37. The molecule has 92 valence electrons. The van der Waals surface area contributed by atoms with E-state index in [0.29, 0.717) is 18.2 Å². The molecule has 2 rings (SSSR count). The Hall–Kier alpha value is -0.410. The summed E-state index contributed by atoms with van der Waals surface area (Å²) in [5.74, 6) is 1.31. The van der Waals surface area contributed by atoms with E-state index in [1.54, 1.807) is 6.92 Å². The fraction of sp³-hybridized carbons (Fsp3) is 0.923. The molecule has 0 aromatic heterocycles. The third-order valence-electron chi connectivity index (χ3n) is 3.83. The molecular formula is C13H24N2O. The number of Topliss-reactive ketones (excluding diaryl/α,β-unsaturated/α-hetero) is 1. The lowest BCUT2D eigenvalue weighted by Crippen LogP contribution is -2.50. The number of rotatable bonds is 5. The minimum atomic E-state index is 0.313. The molecule has 3 heteroatoms. The third kappa shape index (κ3) is 3.56. The van der Waals surface area contributed by atoms with E-state index in [2.05, 4.69) is 16.7 Å². The van der Waals surface area contributed by atoms with Crippen LogP contribution in [0.5, 0.6) is 0 Å².